The molecule has 0 saturated carbocycles. The van der Waals surface area contributed by atoms with Crippen LogP contribution < -0.4 is 10.6 Å². The lowest BCUT2D eigenvalue weighted by Crippen LogP contribution is -2.59. The molecule has 52 heavy (non-hydrogen) atoms. The second-order valence-corrected chi connectivity index (χ2v) is 14.6. The lowest BCUT2D eigenvalue weighted by Gasteiger charge is -2.40. The van der Waals surface area contributed by atoms with Crippen LogP contribution in [0.1, 0.15) is 65.9 Å². The molecule has 14 nitrogen and oxygen atoms in total. The quantitative estimate of drug-likeness (QED) is 0.146. The number of ether oxygens (including phenoxy) is 2. The molecule has 4 amide bonds. The van der Waals surface area contributed by atoms with Crippen LogP contribution in [-0.4, -0.2) is 145 Å². The number of nitrogens with zero attached hydrogens (tertiary/aromatic N) is 3. The molecule has 14 heteroatoms. The van der Waals surface area contributed by atoms with Crippen LogP contribution in [0.25, 0.3) is 0 Å². The number of carbonyl (C=O) groups is 5. The van der Waals surface area contributed by atoms with Crippen molar-refractivity contribution in [1.82, 2.24) is 25.3 Å². The van der Waals surface area contributed by atoms with Crippen molar-refractivity contribution in [3.63, 3.8) is 0 Å². The Morgan fingerprint density at radius 2 is 1.56 bits per heavy atom. The zero-order valence-electron chi connectivity index (χ0n) is 32.7. The van der Waals surface area contributed by atoms with Crippen molar-refractivity contribution in [1.29, 1.82) is 0 Å². The van der Waals surface area contributed by atoms with Crippen molar-refractivity contribution in [3.05, 3.63) is 35.9 Å². The fourth-order valence-corrected chi connectivity index (χ4v) is 7.48. The number of likely N-dealkylation sites (N-methyl/N-ethyl adjacent to an activating group) is 2. The summed E-state index contributed by atoms with van der Waals surface area (Å²) in [7, 11) is 8.12. The van der Waals surface area contributed by atoms with Crippen molar-refractivity contribution in [2.45, 2.75) is 109 Å². The highest BCUT2D eigenvalue weighted by Crippen LogP contribution is 2.29. The molecule has 1 aliphatic heterocycles. The van der Waals surface area contributed by atoms with Gasteiger partial charge in [0, 0.05) is 34.2 Å². The Bertz CT molecular complexity index is 1300. The van der Waals surface area contributed by atoms with Crippen molar-refractivity contribution >= 4 is 29.6 Å². The maximum absolute atomic E-state index is 14.1. The van der Waals surface area contributed by atoms with Gasteiger partial charge >= 0.3 is 5.97 Å². The fraction of sp³-hybridized carbons (Fsp3) is 0.711. The van der Waals surface area contributed by atoms with E-state index in [0.29, 0.717) is 25.8 Å². The predicted molar refractivity (Wildman–Crippen MR) is 197 cm³/mol. The summed E-state index contributed by atoms with van der Waals surface area (Å²) in [6.07, 6.45) is 0.543. The summed E-state index contributed by atoms with van der Waals surface area (Å²) in [6, 6.07) is 5.19. The third-order valence-corrected chi connectivity index (χ3v) is 10.4. The lowest BCUT2D eigenvalue weighted by molar-refractivity contribution is -0.148. The maximum atomic E-state index is 14.1. The van der Waals surface area contributed by atoms with Crippen LogP contribution in [0.15, 0.2) is 30.3 Å². The fourth-order valence-electron chi connectivity index (χ4n) is 7.48. The van der Waals surface area contributed by atoms with Crippen LogP contribution in [0.3, 0.4) is 0 Å². The summed E-state index contributed by atoms with van der Waals surface area (Å²) in [4.78, 5) is 71.5. The van der Waals surface area contributed by atoms with Gasteiger partial charge in [-0.2, -0.15) is 0 Å². The van der Waals surface area contributed by atoms with Crippen molar-refractivity contribution in [2.75, 3.05) is 48.5 Å². The number of benzene rings is 1. The summed E-state index contributed by atoms with van der Waals surface area (Å²) >= 11 is 0. The molecule has 4 N–H and O–H groups in total. The monoisotopic (exact) mass is 733 g/mol. The molecule has 1 aliphatic rings. The highest BCUT2D eigenvalue weighted by molar-refractivity contribution is 5.90. The van der Waals surface area contributed by atoms with Gasteiger partial charge in [-0.05, 0) is 44.3 Å². The van der Waals surface area contributed by atoms with Crippen LogP contribution in [0.4, 0.5) is 0 Å². The van der Waals surface area contributed by atoms with Gasteiger partial charge in [0.25, 0.3) is 0 Å². The van der Waals surface area contributed by atoms with Crippen LogP contribution in [0.2, 0.25) is 0 Å². The van der Waals surface area contributed by atoms with Gasteiger partial charge in [0.05, 0.1) is 49.3 Å². The second kappa shape index (κ2) is 21.2. The molecule has 0 aliphatic carbocycles. The minimum Gasteiger partial charge on any atom is -0.480 e. The molecular formula is C38H63N5O9. The number of aliphatic hydroxyl groups is 1. The molecule has 1 aromatic carbocycles. The summed E-state index contributed by atoms with van der Waals surface area (Å²) in [5.41, 5.74) is 0.773. The van der Waals surface area contributed by atoms with Gasteiger partial charge < -0.3 is 40.1 Å². The number of aliphatic carboxylic acids is 1. The van der Waals surface area contributed by atoms with Crippen LogP contribution >= 0.6 is 0 Å². The van der Waals surface area contributed by atoms with E-state index in [1.807, 2.05) is 33.8 Å². The Morgan fingerprint density at radius 3 is 2.06 bits per heavy atom. The zero-order chi connectivity index (χ0) is 39.3. The van der Waals surface area contributed by atoms with Gasteiger partial charge in [0.1, 0.15) is 12.1 Å². The molecule has 8 unspecified atom stereocenters. The molecule has 0 bridgehead atoms. The van der Waals surface area contributed by atoms with E-state index >= 15 is 0 Å². The number of rotatable bonds is 21. The first kappa shape index (κ1) is 44.6. The van der Waals surface area contributed by atoms with Crippen LogP contribution in [0.5, 0.6) is 0 Å². The summed E-state index contributed by atoms with van der Waals surface area (Å²) < 4.78 is 11.7. The number of aliphatic hydroxyl groups excluding tert-OH is 1. The normalized spacial score (nSPS) is 19.2. The Kier molecular flexibility index (Phi) is 18.2. The zero-order valence-corrected chi connectivity index (χ0v) is 32.7. The smallest absolute Gasteiger partial charge is 0.326 e. The van der Waals surface area contributed by atoms with E-state index < -0.39 is 72.7 Å². The largest absolute Gasteiger partial charge is 0.480 e. The molecule has 1 aromatic rings. The SMILES string of the molecule is CCC(C)C(C(CC(=O)N1CCC[C@H]1C(OC)C(C)C(=O)NC(Cc1ccccc1)C(=O)O)OC)N(C)C(=O)C(CO)NC(=O)C(C(C)C)N(C)C. The van der Waals surface area contributed by atoms with E-state index in [1.54, 1.807) is 62.1 Å². The number of amides is 4. The molecule has 0 spiro atoms. The molecule has 0 radical (unpaired) electrons. The van der Waals surface area contributed by atoms with Gasteiger partial charge in [-0.15, -0.1) is 0 Å². The summed E-state index contributed by atoms with van der Waals surface area (Å²) in [5.74, 6) is -3.67. The van der Waals surface area contributed by atoms with E-state index in [0.717, 1.165) is 5.56 Å². The average molecular weight is 734 g/mol. The minimum atomic E-state index is -1.19. The van der Waals surface area contributed by atoms with E-state index in [2.05, 4.69) is 10.6 Å². The average Bonchev–Trinajstić information content (AvgIpc) is 3.59. The first-order valence-electron chi connectivity index (χ1n) is 18.3. The summed E-state index contributed by atoms with van der Waals surface area (Å²) in [6.45, 7) is 9.24. The van der Waals surface area contributed by atoms with Crippen molar-refractivity contribution in [3.8, 4) is 0 Å². The van der Waals surface area contributed by atoms with Gasteiger partial charge in [0.2, 0.25) is 23.6 Å². The number of hydrogen-bond acceptors (Lipinski definition) is 9. The lowest BCUT2D eigenvalue weighted by atomic mass is 9.90. The Balaban J connectivity index is 2.24. The summed E-state index contributed by atoms with van der Waals surface area (Å²) in [5, 5.41) is 25.4. The van der Waals surface area contributed by atoms with Gasteiger partial charge in [-0.3, -0.25) is 24.1 Å². The highest BCUT2D eigenvalue weighted by atomic mass is 16.5. The third kappa shape index (κ3) is 11.7. The number of likely N-dealkylation sites (tertiary alicyclic amines) is 1. The Hall–Kier alpha value is -3.59. The van der Waals surface area contributed by atoms with Gasteiger partial charge in [0.15, 0.2) is 0 Å². The highest BCUT2D eigenvalue weighted by Gasteiger charge is 2.43. The molecule has 9 atom stereocenters. The Morgan fingerprint density at radius 1 is 0.942 bits per heavy atom. The number of hydrogen-bond donors (Lipinski definition) is 4. The Labute approximate surface area is 309 Å². The number of carbonyl (C=O) groups excluding carboxylic acids is 4. The van der Waals surface area contributed by atoms with E-state index in [9.17, 15) is 34.2 Å². The molecule has 2 rings (SSSR count). The topological polar surface area (TPSA) is 178 Å². The van der Waals surface area contributed by atoms with Gasteiger partial charge in [-0.1, -0.05) is 71.4 Å². The number of carboxylic acids is 1. The first-order valence-corrected chi connectivity index (χ1v) is 18.3. The van der Waals surface area contributed by atoms with Crippen molar-refractivity contribution < 1.29 is 43.7 Å². The minimum absolute atomic E-state index is 0.0373. The maximum Gasteiger partial charge on any atom is 0.326 e. The van der Waals surface area contributed by atoms with E-state index in [4.69, 9.17) is 9.47 Å². The first-order chi connectivity index (χ1) is 24.5. The van der Waals surface area contributed by atoms with Gasteiger partial charge in [-0.25, -0.2) is 4.79 Å². The van der Waals surface area contributed by atoms with E-state index in [1.165, 1.54) is 19.1 Å². The molecular weight excluding hydrogens is 670 g/mol. The predicted octanol–water partition coefficient (Wildman–Crippen LogP) is 1.78. The standard InChI is InChI=1S/C38H63N5O9/c1-11-24(4)33(42(8)37(48)28(22-44)40-36(47)32(23(2)3)41(6)7)30(51-9)21-31(45)43-19-15-18-29(43)34(52-10)25(5)35(46)39-27(38(49)50)20-26-16-13-12-14-17-26/h12-14,16-17,23-25,27-30,32-34,44H,11,15,18-22H2,1-10H3,(H,39,46)(H,40,47)(H,49,50)/t24?,25?,27?,28?,29-,30?,32?,33?,34?/m0/s1. The van der Waals surface area contributed by atoms with Crippen LogP contribution in [-0.2, 0) is 39.9 Å². The molecule has 1 heterocycles. The number of methoxy groups -OCH3 is 2. The third-order valence-electron chi connectivity index (χ3n) is 10.4. The second-order valence-electron chi connectivity index (χ2n) is 14.6. The number of carboxylic acid groups (broad SMARTS) is 1. The van der Waals surface area contributed by atoms with E-state index in [-0.39, 0.29) is 36.5 Å². The van der Waals surface area contributed by atoms with Crippen LogP contribution in [0, 0.1) is 17.8 Å². The molecule has 1 saturated heterocycles. The molecule has 1 fully saturated rings. The molecule has 294 valence electrons. The van der Waals surface area contributed by atoms with Crippen molar-refractivity contribution in [2.24, 2.45) is 17.8 Å². The number of nitrogens with one attached hydrogen (secondary N) is 2. The molecule has 0 aromatic heterocycles.